The number of rotatable bonds is 4. The van der Waals surface area contributed by atoms with Gasteiger partial charge >= 0.3 is 0 Å². The minimum Gasteiger partial charge on any atom is -0.310 e. The number of hydrogen-bond donors (Lipinski definition) is 0. The largest absolute Gasteiger partial charge is 0.310 e. The normalized spacial score (nSPS) is 18.1. The van der Waals surface area contributed by atoms with E-state index in [1.165, 1.54) is 117 Å². The molecule has 9 aromatic rings. The van der Waals surface area contributed by atoms with E-state index in [0.29, 0.717) is 0 Å². The number of benzene rings is 9. The van der Waals surface area contributed by atoms with Gasteiger partial charge in [0, 0.05) is 27.9 Å². The molecule has 14 rings (SSSR count). The molecule has 314 valence electrons. The molecule has 0 heterocycles. The molecule has 0 N–H and O–H groups in total. The first-order valence-corrected chi connectivity index (χ1v) is 23.8. The Labute approximate surface area is 388 Å². The summed E-state index contributed by atoms with van der Waals surface area (Å²) in [6.45, 7) is 9.49. The minimum absolute atomic E-state index is 0.0648. The molecule has 1 atom stereocenters. The highest BCUT2D eigenvalue weighted by Crippen LogP contribution is 2.67. The van der Waals surface area contributed by atoms with Gasteiger partial charge in [0.15, 0.2) is 0 Å². The van der Waals surface area contributed by atoms with Gasteiger partial charge in [-0.05, 0) is 160 Å². The van der Waals surface area contributed by atoms with E-state index in [-0.39, 0.29) is 10.8 Å². The Hall–Kier alpha value is -7.48. The third-order valence-electron chi connectivity index (χ3n) is 16.3. The molecule has 1 spiro atoms. The third kappa shape index (κ3) is 4.80. The zero-order valence-corrected chi connectivity index (χ0v) is 37.9. The van der Waals surface area contributed by atoms with Crippen LogP contribution in [0.15, 0.2) is 206 Å². The summed E-state index contributed by atoms with van der Waals surface area (Å²) in [5.74, 6) is 0. The van der Waals surface area contributed by atoms with E-state index >= 15 is 0 Å². The summed E-state index contributed by atoms with van der Waals surface area (Å²) >= 11 is 0. The van der Waals surface area contributed by atoms with Gasteiger partial charge in [0.1, 0.15) is 0 Å². The summed E-state index contributed by atoms with van der Waals surface area (Å²) in [5, 5.41) is 2.62. The number of allylic oxidation sites excluding steroid dienone is 4. The summed E-state index contributed by atoms with van der Waals surface area (Å²) in [7, 11) is 0. The standard InChI is InChI=1S/C65H49N/c1-63(2)55-25-12-8-20-49(55)53-38-43(34-37-56(53)63)66(44-33-35-50-47-18-7-11-24-54(47)64(3,4)60(50)39-44)42-31-28-41(29-32-42)46-22-15-23-51-48-19-9-13-26-57(48)65(62(46)51)58-27-14-10-21-52(58)61-45-17-6-5-16-40(45)30-36-59(61)65/h5-8,10-12,14-39H,9,13H2,1-4H3. The van der Waals surface area contributed by atoms with E-state index in [2.05, 4.69) is 233 Å². The molecule has 0 saturated carbocycles. The molecule has 0 aromatic heterocycles. The molecular weight excluding hydrogens is 795 g/mol. The van der Waals surface area contributed by atoms with Crippen LogP contribution in [-0.2, 0) is 16.2 Å². The highest BCUT2D eigenvalue weighted by molar-refractivity contribution is 6.09. The van der Waals surface area contributed by atoms with E-state index in [1.54, 1.807) is 0 Å². The van der Waals surface area contributed by atoms with Crippen molar-refractivity contribution in [2.75, 3.05) is 4.90 Å². The predicted molar refractivity (Wildman–Crippen MR) is 276 cm³/mol. The maximum atomic E-state index is 2.56. The lowest BCUT2D eigenvalue weighted by Gasteiger charge is -2.33. The van der Waals surface area contributed by atoms with Crippen LogP contribution in [0.4, 0.5) is 17.1 Å². The van der Waals surface area contributed by atoms with Crippen molar-refractivity contribution >= 4 is 33.4 Å². The average Bonchev–Trinajstić information content (AvgIpc) is 3.99. The van der Waals surface area contributed by atoms with Gasteiger partial charge in [0.25, 0.3) is 0 Å². The summed E-state index contributed by atoms with van der Waals surface area (Å²) in [4.78, 5) is 2.49. The van der Waals surface area contributed by atoms with Gasteiger partial charge in [-0.25, -0.2) is 0 Å². The first-order valence-electron chi connectivity index (χ1n) is 23.8. The molecule has 0 bridgehead atoms. The Bertz CT molecular complexity index is 3650. The summed E-state index contributed by atoms with van der Waals surface area (Å²) < 4.78 is 0. The van der Waals surface area contributed by atoms with Crippen molar-refractivity contribution < 1.29 is 0 Å². The van der Waals surface area contributed by atoms with Crippen molar-refractivity contribution in [3.8, 4) is 44.5 Å². The number of nitrogens with zero attached hydrogens (tertiary/aromatic N) is 1. The smallest absolute Gasteiger partial charge is 0.0728 e. The fourth-order valence-electron chi connectivity index (χ4n) is 13.4. The van der Waals surface area contributed by atoms with Crippen LogP contribution in [-0.4, -0.2) is 0 Å². The van der Waals surface area contributed by atoms with Gasteiger partial charge in [-0.3, -0.25) is 0 Å². The molecule has 0 aliphatic heterocycles. The maximum absolute atomic E-state index is 2.56. The topological polar surface area (TPSA) is 3.24 Å². The van der Waals surface area contributed by atoms with E-state index in [0.717, 1.165) is 24.2 Å². The van der Waals surface area contributed by atoms with Crippen LogP contribution >= 0.6 is 0 Å². The van der Waals surface area contributed by atoms with Crippen molar-refractivity contribution in [2.45, 2.75) is 56.8 Å². The van der Waals surface area contributed by atoms with Crippen molar-refractivity contribution in [1.29, 1.82) is 0 Å². The van der Waals surface area contributed by atoms with Gasteiger partial charge in [0.2, 0.25) is 0 Å². The van der Waals surface area contributed by atoms with Gasteiger partial charge in [-0.2, -0.15) is 0 Å². The number of fused-ring (bicyclic) bond motifs is 18. The zero-order valence-electron chi connectivity index (χ0n) is 37.9. The minimum atomic E-state index is -0.415. The second-order valence-corrected chi connectivity index (χ2v) is 20.2. The van der Waals surface area contributed by atoms with Crippen LogP contribution in [0.5, 0.6) is 0 Å². The molecule has 1 nitrogen and oxygen atoms in total. The first kappa shape index (κ1) is 37.9. The molecule has 0 fully saturated rings. The second-order valence-electron chi connectivity index (χ2n) is 20.2. The summed E-state index contributed by atoms with van der Waals surface area (Å²) in [6.07, 6.45) is 7.19. The van der Waals surface area contributed by atoms with Crippen LogP contribution in [0.3, 0.4) is 0 Å². The van der Waals surface area contributed by atoms with Crippen molar-refractivity contribution in [1.82, 2.24) is 0 Å². The lowest BCUT2D eigenvalue weighted by molar-refractivity contribution is 0.660. The highest BCUT2D eigenvalue weighted by atomic mass is 15.1. The van der Waals surface area contributed by atoms with Crippen LogP contribution < -0.4 is 4.90 Å². The molecule has 9 aromatic carbocycles. The number of hydrogen-bond acceptors (Lipinski definition) is 1. The summed E-state index contributed by atoms with van der Waals surface area (Å²) in [5.41, 5.74) is 27.4. The molecule has 66 heavy (non-hydrogen) atoms. The van der Waals surface area contributed by atoms with Gasteiger partial charge in [-0.15, -0.1) is 0 Å². The van der Waals surface area contributed by atoms with Gasteiger partial charge in [-0.1, -0.05) is 192 Å². The molecule has 1 heteroatoms. The van der Waals surface area contributed by atoms with Crippen LogP contribution in [0, 0.1) is 0 Å². The predicted octanol–water partition coefficient (Wildman–Crippen LogP) is 17.0. The van der Waals surface area contributed by atoms with Crippen molar-refractivity contribution in [2.24, 2.45) is 0 Å². The average molecular weight is 844 g/mol. The van der Waals surface area contributed by atoms with Crippen molar-refractivity contribution in [3.05, 3.63) is 250 Å². The molecule has 0 saturated heterocycles. The molecule has 0 amide bonds. The SMILES string of the molecule is CC1(C)c2ccccc2-c2cc(N(c3ccc(-c4cccc5c4C4(C6=CCCC=C65)c5ccccc5-c5c4ccc4ccccc54)cc3)c3ccc4c(c3)C(C)(C)c3ccccc3-4)ccc21. The Morgan fingerprint density at radius 2 is 0.939 bits per heavy atom. The van der Waals surface area contributed by atoms with Gasteiger partial charge < -0.3 is 4.90 Å². The summed E-state index contributed by atoms with van der Waals surface area (Å²) in [6, 6.07) is 71.8. The van der Waals surface area contributed by atoms with Crippen LogP contribution in [0.2, 0.25) is 0 Å². The second kappa shape index (κ2) is 13.3. The molecule has 5 aliphatic carbocycles. The molecule has 5 aliphatic rings. The Morgan fingerprint density at radius 1 is 0.379 bits per heavy atom. The van der Waals surface area contributed by atoms with E-state index in [1.807, 2.05) is 0 Å². The van der Waals surface area contributed by atoms with Crippen LogP contribution in [0.1, 0.15) is 85.0 Å². The molecule has 0 radical (unpaired) electrons. The maximum Gasteiger partial charge on any atom is 0.0728 e. The number of anilines is 3. The van der Waals surface area contributed by atoms with Crippen LogP contribution in [0.25, 0.3) is 60.9 Å². The first-order chi connectivity index (χ1) is 32.3. The van der Waals surface area contributed by atoms with E-state index in [4.69, 9.17) is 0 Å². The van der Waals surface area contributed by atoms with Crippen molar-refractivity contribution in [3.63, 3.8) is 0 Å². The molecule has 1 unspecified atom stereocenters. The third-order valence-corrected chi connectivity index (χ3v) is 16.3. The zero-order chi connectivity index (χ0) is 44.1. The van der Waals surface area contributed by atoms with E-state index < -0.39 is 5.41 Å². The quantitative estimate of drug-likeness (QED) is 0.171. The fourth-order valence-corrected chi connectivity index (χ4v) is 13.4. The Kier molecular flexibility index (Phi) is 7.63. The van der Waals surface area contributed by atoms with Gasteiger partial charge in [0.05, 0.1) is 5.41 Å². The molecular formula is C65H49N. The Morgan fingerprint density at radius 3 is 1.74 bits per heavy atom. The Balaban J connectivity index is 0.964. The van der Waals surface area contributed by atoms with E-state index in [9.17, 15) is 0 Å². The lowest BCUT2D eigenvalue weighted by atomic mass is 9.68. The monoisotopic (exact) mass is 843 g/mol. The fraction of sp³-hybridized carbons (Fsp3) is 0.138. The highest BCUT2D eigenvalue weighted by Gasteiger charge is 2.55. The lowest BCUT2D eigenvalue weighted by Crippen LogP contribution is -2.27.